The second-order valence-electron chi connectivity index (χ2n) is 10.1. The van der Waals surface area contributed by atoms with Gasteiger partial charge in [-0.1, -0.05) is 77.5 Å². The van der Waals surface area contributed by atoms with Crippen LogP contribution in [0.15, 0.2) is 35.1 Å². The number of halogens is 1. The van der Waals surface area contributed by atoms with Crippen molar-refractivity contribution in [2.45, 2.75) is 60.1 Å². The van der Waals surface area contributed by atoms with Crippen LogP contribution in [0.3, 0.4) is 0 Å². The van der Waals surface area contributed by atoms with Crippen LogP contribution < -0.4 is 4.74 Å². The maximum absolute atomic E-state index is 12.8. The van der Waals surface area contributed by atoms with Crippen molar-refractivity contribution in [1.82, 2.24) is 4.90 Å². The lowest BCUT2D eigenvalue weighted by molar-refractivity contribution is -0.158. The molecule has 10 heteroatoms. The molecule has 0 radical (unpaired) electrons. The van der Waals surface area contributed by atoms with Gasteiger partial charge < -0.3 is 14.9 Å². The van der Waals surface area contributed by atoms with E-state index in [4.69, 9.17) is 28.6 Å². The molecule has 1 aromatic rings. The van der Waals surface area contributed by atoms with Gasteiger partial charge in [0, 0.05) is 10.3 Å². The highest BCUT2D eigenvalue weighted by Gasteiger charge is 2.53. The predicted octanol–water partition coefficient (Wildman–Crippen LogP) is 4.79. The summed E-state index contributed by atoms with van der Waals surface area (Å²) in [5.74, 6) is -2.85. The fourth-order valence-electron chi connectivity index (χ4n) is 3.01. The molecule has 0 aliphatic carbocycles. The number of thioether (sulfide) groups is 1. The van der Waals surface area contributed by atoms with E-state index in [9.17, 15) is 24.6 Å². The van der Waals surface area contributed by atoms with Crippen molar-refractivity contribution < 1.29 is 29.3 Å². The summed E-state index contributed by atoms with van der Waals surface area (Å²) >= 11 is 12.4. The van der Waals surface area contributed by atoms with Crippen LogP contribution in [0.1, 0.15) is 54.0 Å². The molecule has 34 heavy (non-hydrogen) atoms. The van der Waals surface area contributed by atoms with E-state index in [1.165, 1.54) is 6.92 Å². The number of carboxylic acid groups (broad SMARTS) is 1. The Morgan fingerprint density at radius 2 is 1.65 bits per heavy atom. The number of hydrogen-bond donors (Lipinski definition) is 2. The van der Waals surface area contributed by atoms with Gasteiger partial charge in [0.05, 0.1) is 12.0 Å². The average molecular weight is 528 g/mol. The Balaban J connectivity index is 2.51. The lowest BCUT2D eigenvalue weighted by Gasteiger charge is -2.44. The van der Waals surface area contributed by atoms with Crippen molar-refractivity contribution in [3.8, 4) is 5.75 Å². The van der Waals surface area contributed by atoms with Crippen LogP contribution in [-0.4, -0.2) is 48.6 Å². The lowest BCUT2D eigenvalue weighted by atomic mass is 9.88. The minimum absolute atomic E-state index is 0.220. The highest BCUT2D eigenvalue weighted by molar-refractivity contribution is 8.16. The molecule has 1 amide bonds. The lowest BCUT2D eigenvalue weighted by Crippen LogP contribution is -2.62. The van der Waals surface area contributed by atoms with Gasteiger partial charge >= 0.3 is 5.97 Å². The van der Waals surface area contributed by atoms with Crippen molar-refractivity contribution in [3.05, 3.63) is 40.6 Å². The predicted molar refractivity (Wildman–Crippen MR) is 137 cm³/mol. The number of alkyl halides is 1. The number of likely N-dealkylation sites (tertiary alicyclic amines) is 1. The van der Waals surface area contributed by atoms with Gasteiger partial charge in [-0.15, -0.1) is 0 Å². The number of nitrogens with zero attached hydrogens (tertiary/aromatic N) is 1. The molecule has 2 N–H and O–H groups in total. The van der Waals surface area contributed by atoms with Crippen molar-refractivity contribution in [2.75, 3.05) is 0 Å². The minimum Gasteiger partial charge on any atom is -0.476 e. The van der Waals surface area contributed by atoms with Gasteiger partial charge in [0.1, 0.15) is 11.3 Å². The van der Waals surface area contributed by atoms with Crippen molar-refractivity contribution >= 4 is 57.4 Å². The molecule has 7 nitrogen and oxygen atoms in total. The molecule has 0 unspecified atom stereocenters. The number of carbonyl (C=O) groups is 3. The van der Waals surface area contributed by atoms with Gasteiger partial charge in [-0.2, -0.15) is 0 Å². The normalized spacial score (nSPS) is 20.3. The van der Waals surface area contributed by atoms with E-state index in [1.54, 1.807) is 45.0 Å². The zero-order valence-corrected chi connectivity index (χ0v) is 22.6. The molecule has 186 valence electrons. The molecule has 1 fully saturated rings. The van der Waals surface area contributed by atoms with Crippen LogP contribution in [0.25, 0.3) is 0 Å². The van der Waals surface area contributed by atoms with Crippen LogP contribution >= 0.6 is 35.6 Å². The number of carbonyl (C=O) groups excluding carboxylic acids is 2. The highest BCUT2D eigenvalue weighted by Crippen LogP contribution is 2.40. The zero-order chi connectivity index (χ0) is 26.2. The monoisotopic (exact) mass is 527 g/mol. The summed E-state index contributed by atoms with van der Waals surface area (Å²) in [5.41, 5.74) is -1.88. The number of β-lactam (4-membered cyclic amide) rings is 1. The number of amides is 1. The van der Waals surface area contributed by atoms with E-state index in [0.29, 0.717) is 11.8 Å². The third kappa shape index (κ3) is 6.19. The van der Waals surface area contributed by atoms with Crippen LogP contribution in [0.5, 0.6) is 5.75 Å². The van der Waals surface area contributed by atoms with Crippen LogP contribution in [0, 0.1) is 16.7 Å². The molecular formula is C24H30ClNO6S2. The molecule has 1 saturated heterocycles. The molecule has 3 atom stereocenters. The Bertz CT molecular complexity index is 1020. The molecule has 1 aliphatic rings. The molecule has 0 saturated carbocycles. The van der Waals surface area contributed by atoms with Gasteiger partial charge in [0.25, 0.3) is 0 Å². The molecule has 1 aliphatic heterocycles. The van der Waals surface area contributed by atoms with Crippen LogP contribution in [0.2, 0.25) is 0 Å². The van der Waals surface area contributed by atoms with Crippen LogP contribution in [-0.2, 0) is 14.4 Å². The first-order valence-electron chi connectivity index (χ1n) is 10.6. The minimum atomic E-state index is -1.49. The van der Waals surface area contributed by atoms with Crippen molar-refractivity contribution in [1.29, 1.82) is 0 Å². The molecule has 0 bridgehead atoms. The number of rotatable bonds is 7. The molecule has 0 spiro atoms. The maximum atomic E-state index is 12.8. The van der Waals surface area contributed by atoms with E-state index in [-0.39, 0.29) is 21.4 Å². The average Bonchev–Trinajstić information content (AvgIpc) is 2.69. The fraction of sp³-hybridized carbons (Fsp3) is 0.500. The second-order valence-corrected chi connectivity index (χ2v) is 11.9. The Hall–Kier alpha value is -1.94. The number of benzene rings is 1. The third-order valence-electron chi connectivity index (χ3n) is 5.03. The highest BCUT2D eigenvalue weighted by atomic mass is 35.5. The van der Waals surface area contributed by atoms with E-state index >= 15 is 0 Å². The van der Waals surface area contributed by atoms with Gasteiger partial charge in [0.15, 0.2) is 10.8 Å². The van der Waals surface area contributed by atoms with Crippen LogP contribution in [0.4, 0.5) is 0 Å². The number of hydrogen-bond acceptors (Lipinski definition) is 7. The second kappa shape index (κ2) is 10.4. The van der Waals surface area contributed by atoms with E-state index in [1.807, 2.05) is 20.8 Å². The van der Waals surface area contributed by atoms with Crippen molar-refractivity contribution in [3.63, 3.8) is 0 Å². The quantitative estimate of drug-likeness (QED) is 0.0991. The Labute approximate surface area is 214 Å². The number of aliphatic carboxylic acids is 1. The largest absolute Gasteiger partial charge is 0.476 e. The number of aliphatic hydroxyl groups is 1. The van der Waals surface area contributed by atoms with Gasteiger partial charge in [-0.05, 0) is 41.8 Å². The Morgan fingerprint density at radius 1 is 1.12 bits per heavy atom. The standard InChI is InChI=1S/C24H30ClNO6S2/c1-12(27)15-18(25)26(19(15)28)16(20(29)30)21(34-22(31)24(5,6)7)32-14-10-8-13(9-11-14)17(33)23(2,3)4/h8-12,15,18,27H,1-7H3,(H,29,30)/t12-,15-,18-/m1/s1. The number of thiocarbonyl (C=S) groups is 1. The molecule has 2 rings (SSSR count). The molecular weight excluding hydrogens is 498 g/mol. The molecule has 1 heterocycles. The number of ether oxygens (including phenoxy) is 1. The van der Waals surface area contributed by atoms with E-state index in [0.717, 1.165) is 15.3 Å². The SMILES string of the molecule is C[C@@H](O)[C@H]1C(=O)N(C(C(=O)O)=C(Oc2ccc(C(=S)C(C)(C)C)cc2)SC(=O)C(C)(C)C)[C@H]1Cl. The van der Waals surface area contributed by atoms with Gasteiger partial charge in [0.2, 0.25) is 11.0 Å². The van der Waals surface area contributed by atoms with E-state index < -0.39 is 40.5 Å². The first-order valence-corrected chi connectivity index (χ1v) is 12.3. The first kappa shape index (κ1) is 28.3. The maximum Gasteiger partial charge on any atom is 0.357 e. The van der Waals surface area contributed by atoms with Gasteiger partial charge in [-0.3, -0.25) is 14.5 Å². The Kier molecular flexibility index (Phi) is 8.62. The summed E-state index contributed by atoms with van der Waals surface area (Å²) in [6.45, 7) is 12.5. The summed E-state index contributed by atoms with van der Waals surface area (Å²) in [4.78, 5) is 39.2. The fourth-order valence-corrected chi connectivity index (χ4v) is 4.55. The summed E-state index contributed by atoms with van der Waals surface area (Å²) in [6, 6.07) is 6.73. The van der Waals surface area contributed by atoms with Gasteiger partial charge in [-0.25, -0.2) is 4.79 Å². The number of aliphatic hydroxyl groups excluding tert-OH is 1. The zero-order valence-electron chi connectivity index (χ0n) is 20.2. The summed E-state index contributed by atoms with van der Waals surface area (Å²) in [7, 11) is 0. The topological polar surface area (TPSA) is 104 Å². The van der Waals surface area contributed by atoms with Crippen molar-refractivity contribution in [2.24, 2.45) is 16.7 Å². The summed E-state index contributed by atoms with van der Waals surface area (Å²) in [5, 5.41) is 19.1. The molecule has 0 aromatic heterocycles. The smallest absolute Gasteiger partial charge is 0.357 e. The summed E-state index contributed by atoms with van der Waals surface area (Å²) < 4.78 is 5.86. The first-order chi connectivity index (χ1) is 15.5. The summed E-state index contributed by atoms with van der Waals surface area (Å²) in [6.07, 6.45) is -1.06. The number of carboxylic acids is 1. The van der Waals surface area contributed by atoms with E-state index in [2.05, 4.69) is 0 Å². The molecule has 1 aromatic carbocycles. The Morgan fingerprint density at radius 3 is 2.03 bits per heavy atom. The third-order valence-corrected chi connectivity index (χ3v) is 7.60.